The fourth-order valence-electron chi connectivity index (χ4n) is 2.40. The molecule has 120 valence electrons. The zero-order valence-electron chi connectivity index (χ0n) is 12.2. The number of amides is 1. The first kappa shape index (κ1) is 15.8. The van der Waals surface area contributed by atoms with Crippen LogP contribution in [0.25, 0.3) is 10.8 Å². The van der Waals surface area contributed by atoms with Crippen LogP contribution in [0.2, 0.25) is 5.02 Å². The third-order valence-electron chi connectivity index (χ3n) is 3.55. The monoisotopic (exact) mass is 342 g/mol. The number of aromatic hydroxyl groups is 1. The predicted molar refractivity (Wildman–Crippen MR) is 91.7 cm³/mol. The van der Waals surface area contributed by atoms with Crippen LogP contribution in [-0.2, 0) is 0 Å². The van der Waals surface area contributed by atoms with Crippen LogP contribution < -0.4 is 5.32 Å². The second kappa shape index (κ2) is 6.17. The first-order chi connectivity index (χ1) is 11.5. The van der Waals surface area contributed by atoms with Gasteiger partial charge in [-0.1, -0.05) is 41.9 Å². The Morgan fingerprint density at radius 3 is 2.58 bits per heavy atom. The molecule has 0 unspecified atom stereocenters. The zero-order valence-corrected chi connectivity index (χ0v) is 12.9. The topological polar surface area (TPSA) is 92.5 Å². The number of fused-ring (bicyclic) bond motifs is 1. The van der Waals surface area contributed by atoms with Crippen LogP contribution >= 0.6 is 11.6 Å². The van der Waals surface area contributed by atoms with Gasteiger partial charge in [0.05, 0.1) is 21.2 Å². The van der Waals surface area contributed by atoms with Crippen LogP contribution in [0.1, 0.15) is 10.4 Å². The van der Waals surface area contributed by atoms with Gasteiger partial charge in [-0.05, 0) is 22.9 Å². The number of non-ortho nitro benzene ring substituents is 1. The van der Waals surface area contributed by atoms with Crippen molar-refractivity contribution in [1.29, 1.82) is 0 Å². The van der Waals surface area contributed by atoms with E-state index in [2.05, 4.69) is 5.32 Å². The molecule has 0 aliphatic carbocycles. The van der Waals surface area contributed by atoms with Crippen molar-refractivity contribution in [3.63, 3.8) is 0 Å². The summed E-state index contributed by atoms with van der Waals surface area (Å²) in [7, 11) is 0. The van der Waals surface area contributed by atoms with Crippen LogP contribution in [-0.4, -0.2) is 15.9 Å². The minimum atomic E-state index is -0.575. The van der Waals surface area contributed by atoms with Gasteiger partial charge in [-0.3, -0.25) is 14.9 Å². The van der Waals surface area contributed by atoms with Gasteiger partial charge in [0.25, 0.3) is 11.6 Å². The van der Waals surface area contributed by atoms with Crippen LogP contribution in [0.4, 0.5) is 11.4 Å². The number of benzene rings is 3. The Kier molecular flexibility index (Phi) is 4.05. The van der Waals surface area contributed by atoms with E-state index in [9.17, 15) is 20.0 Å². The molecule has 0 saturated heterocycles. The standard InChI is InChI=1S/C17H11ClN2O4/c18-13-9-11(20(23)24)6-7-14(13)19-17(22)16-12-4-2-1-3-10(12)5-8-15(16)21/h1-9,21H,(H,19,22). The Morgan fingerprint density at radius 1 is 1.12 bits per heavy atom. The predicted octanol–water partition coefficient (Wildman–Crippen LogP) is 4.36. The van der Waals surface area contributed by atoms with Gasteiger partial charge in [-0.25, -0.2) is 0 Å². The van der Waals surface area contributed by atoms with E-state index in [1.807, 2.05) is 12.1 Å². The highest BCUT2D eigenvalue weighted by Gasteiger charge is 2.17. The number of halogens is 1. The summed E-state index contributed by atoms with van der Waals surface area (Å²) in [5.41, 5.74) is 0.160. The number of nitro benzene ring substituents is 1. The molecule has 1 amide bonds. The molecule has 0 spiro atoms. The van der Waals surface area contributed by atoms with Gasteiger partial charge < -0.3 is 10.4 Å². The lowest BCUT2D eigenvalue weighted by molar-refractivity contribution is -0.384. The number of phenolic OH excluding ortho intramolecular Hbond substituents is 1. The first-order valence-corrected chi connectivity index (χ1v) is 7.31. The summed E-state index contributed by atoms with van der Waals surface area (Å²) >= 11 is 5.98. The maximum absolute atomic E-state index is 12.6. The molecule has 2 N–H and O–H groups in total. The van der Waals surface area contributed by atoms with Crippen LogP contribution in [0, 0.1) is 10.1 Å². The van der Waals surface area contributed by atoms with E-state index in [0.29, 0.717) is 5.39 Å². The van der Waals surface area contributed by atoms with Crippen molar-refractivity contribution in [2.45, 2.75) is 0 Å². The van der Waals surface area contributed by atoms with Gasteiger partial charge in [0.2, 0.25) is 0 Å². The van der Waals surface area contributed by atoms with E-state index in [4.69, 9.17) is 11.6 Å². The molecule has 0 aromatic heterocycles. The molecular formula is C17H11ClN2O4. The van der Waals surface area contributed by atoms with Crippen molar-refractivity contribution in [3.05, 3.63) is 75.3 Å². The number of carbonyl (C=O) groups excluding carboxylic acids is 1. The van der Waals surface area contributed by atoms with Gasteiger partial charge in [0.1, 0.15) is 5.75 Å². The summed E-state index contributed by atoms with van der Waals surface area (Å²) in [5, 5.41) is 24.8. The van der Waals surface area contributed by atoms with Crippen molar-refractivity contribution in [2.24, 2.45) is 0 Å². The molecule has 3 aromatic rings. The molecule has 0 saturated carbocycles. The van der Waals surface area contributed by atoms with E-state index in [-0.39, 0.29) is 27.7 Å². The van der Waals surface area contributed by atoms with Crippen molar-refractivity contribution in [3.8, 4) is 5.75 Å². The van der Waals surface area contributed by atoms with Gasteiger partial charge >= 0.3 is 0 Å². The highest BCUT2D eigenvalue weighted by molar-refractivity contribution is 6.34. The number of hydrogen-bond acceptors (Lipinski definition) is 4. The molecule has 6 nitrogen and oxygen atoms in total. The minimum absolute atomic E-state index is 0.0391. The molecule has 24 heavy (non-hydrogen) atoms. The van der Waals surface area contributed by atoms with Crippen molar-refractivity contribution in [1.82, 2.24) is 0 Å². The normalized spacial score (nSPS) is 10.5. The molecule has 0 atom stereocenters. The van der Waals surface area contributed by atoms with Crippen LogP contribution in [0.3, 0.4) is 0 Å². The number of phenols is 1. The Morgan fingerprint density at radius 2 is 1.88 bits per heavy atom. The first-order valence-electron chi connectivity index (χ1n) is 6.93. The maximum atomic E-state index is 12.6. The summed E-state index contributed by atoms with van der Waals surface area (Å²) in [6.45, 7) is 0. The van der Waals surface area contributed by atoms with Gasteiger partial charge in [0.15, 0.2) is 0 Å². The number of nitro groups is 1. The van der Waals surface area contributed by atoms with Crippen molar-refractivity contribution < 1.29 is 14.8 Å². The molecule has 0 aliphatic heterocycles. The molecule has 0 radical (unpaired) electrons. The summed E-state index contributed by atoms with van der Waals surface area (Å²) in [5.74, 6) is -0.718. The van der Waals surface area contributed by atoms with E-state index in [1.165, 1.54) is 18.2 Å². The Bertz CT molecular complexity index is 972. The fourth-order valence-corrected chi connectivity index (χ4v) is 2.62. The lowest BCUT2D eigenvalue weighted by Crippen LogP contribution is -2.13. The summed E-state index contributed by atoms with van der Waals surface area (Å²) in [6.07, 6.45) is 0. The molecule has 0 aliphatic rings. The fraction of sp³-hybridized carbons (Fsp3) is 0. The van der Waals surface area contributed by atoms with Crippen LogP contribution in [0.15, 0.2) is 54.6 Å². The minimum Gasteiger partial charge on any atom is -0.507 e. The molecule has 0 bridgehead atoms. The van der Waals surface area contributed by atoms with E-state index < -0.39 is 10.8 Å². The van der Waals surface area contributed by atoms with Gasteiger partial charge in [-0.2, -0.15) is 0 Å². The molecular weight excluding hydrogens is 332 g/mol. The average Bonchev–Trinajstić information content (AvgIpc) is 2.56. The van der Waals surface area contributed by atoms with Gasteiger partial charge in [-0.15, -0.1) is 0 Å². The second-order valence-electron chi connectivity index (χ2n) is 5.06. The highest BCUT2D eigenvalue weighted by Crippen LogP contribution is 2.30. The van der Waals surface area contributed by atoms with Crippen LogP contribution in [0.5, 0.6) is 5.75 Å². The van der Waals surface area contributed by atoms with E-state index in [1.54, 1.807) is 18.2 Å². The van der Waals surface area contributed by atoms with Crippen molar-refractivity contribution in [2.75, 3.05) is 5.32 Å². The second-order valence-corrected chi connectivity index (χ2v) is 5.46. The summed E-state index contributed by atoms with van der Waals surface area (Å²) in [6, 6.07) is 14.0. The Hall–Kier alpha value is -3.12. The molecule has 3 aromatic carbocycles. The number of nitrogens with one attached hydrogen (secondary N) is 1. The van der Waals surface area contributed by atoms with E-state index in [0.717, 1.165) is 11.5 Å². The summed E-state index contributed by atoms with van der Waals surface area (Å²) < 4.78 is 0. The number of rotatable bonds is 3. The quantitative estimate of drug-likeness (QED) is 0.546. The molecule has 3 rings (SSSR count). The Labute approximate surface area is 141 Å². The molecule has 0 heterocycles. The third kappa shape index (κ3) is 2.87. The molecule has 7 heteroatoms. The average molecular weight is 343 g/mol. The number of nitrogens with zero attached hydrogens (tertiary/aromatic N) is 1. The van der Waals surface area contributed by atoms with Gasteiger partial charge in [0, 0.05) is 12.1 Å². The largest absolute Gasteiger partial charge is 0.507 e. The van der Waals surface area contributed by atoms with E-state index >= 15 is 0 Å². The SMILES string of the molecule is O=C(Nc1ccc([N+](=O)[O-])cc1Cl)c1c(O)ccc2ccccc12. The lowest BCUT2D eigenvalue weighted by atomic mass is 10.0. The number of hydrogen-bond donors (Lipinski definition) is 2. The lowest BCUT2D eigenvalue weighted by Gasteiger charge is -2.11. The smallest absolute Gasteiger partial charge is 0.271 e. The highest BCUT2D eigenvalue weighted by atomic mass is 35.5. The summed E-state index contributed by atoms with van der Waals surface area (Å²) in [4.78, 5) is 22.7. The third-order valence-corrected chi connectivity index (χ3v) is 3.86. The van der Waals surface area contributed by atoms with Crippen molar-refractivity contribution >= 4 is 39.7 Å². The number of carbonyl (C=O) groups is 1. The molecule has 0 fully saturated rings. The Balaban J connectivity index is 1.99. The zero-order chi connectivity index (χ0) is 17.3. The number of anilines is 1. The maximum Gasteiger partial charge on any atom is 0.271 e.